The number of hydrogen-bond acceptors (Lipinski definition) is 8. The van der Waals surface area contributed by atoms with Crippen LogP contribution in [0, 0.1) is 6.92 Å². The lowest BCUT2D eigenvalue weighted by atomic mass is 10.2. The van der Waals surface area contributed by atoms with E-state index in [4.69, 9.17) is 16.3 Å². The first kappa shape index (κ1) is 26.0. The lowest BCUT2D eigenvalue weighted by Crippen LogP contribution is -2.33. The maximum absolute atomic E-state index is 12.6. The van der Waals surface area contributed by atoms with Gasteiger partial charge in [-0.3, -0.25) is 4.72 Å². The number of nitrogens with one attached hydrogen (secondary N) is 3. The van der Waals surface area contributed by atoms with E-state index in [1.54, 1.807) is 69.4 Å². The van der Waals surface area contributed by atoms with Gasteiger partial charge in [0.2, 0.25) is 16.0 Å². The smallest absolute Gasteiger partial charge is 0.335 e. The third-order valence-corrected chi connectivity index (χ3v) is 7.18. The highest BCUT2D eigenvalue weighted by Crippen LogP contribution is 2.31. The predicted molar refractivity (Wildman–Crippen MR) is 139 cm³/mol. The fourth-order valence-corrected chi connectivity index (χ4v) is 3.62. The van der Waals surface area contributed by atoms with Gasteiger partial charge in [0.05, 0.1) is 15.5 Å². The van der Waals surface area contributed by atoms with Gasteiger partial charge >= 0.3 is 5.97 Å². The highest BCUT2D eigenvalue weighted by Gasteiger charge is 2.29. The van der Waals surface area contributed by atoms with Crippen LogP contribution in [0.25, 0.3) is 0 Å². The molecule has 0 aliphatic rings. The van der Waals surface area contributed by atoms with Gasteiger partial charge in [-0.1, -0.05) is 18.2 Å². The van der Waals surface area contributed by atoms with E-state index in [-0.39, 0.29) is 10.7 Å². The lowest BCUT2D eigenvalue weighted by molar-refractivity contribution is -0.128. The Morgan fingerprint density at radius 2 is 1.74 bits per heavy atom. The number of aryl methyl sites for hydroxylation is 1. The topological polar surface area (TPSA) is 122 Å². The van der Waals surface area contributed by atoms with E-state index in [1.807, 2.05) is 6.92 Å². The number of carbonyl (C=O) groups excluding carboxylic acids is 1. The molecule has 184 valence electrons. The monoisotopic (exact) mass is 515 g/mol. The van der Waals surface area contributed by atoms with Crippen LogP contribution in [-0.4, -0.2) is 29.1 Å². The maximum atomic E-state index is 12.6. The van der Waals surface area contributed by atoms with Crippen molar-refractivity contribution >= 4 is 56.4 Å². The molecule has 9 nitrogen and oxygen atoms in total. The fraction of sp³-hybridized carbons (Fsp3) is 0.208. The van der Waals surface area contributed by atoms with Gasteiger partial charge < -0.3 is 15.4 Å². The number of halogens is 1. The average Bonchev–Trinajstić information content (AvgIpc) is 2.78. The van der Waals surface area contributed by atoms with Gasteiger partial charge in [-0.2, -0.15) is 4.98 Å². The van der Waals surface area contributed by atoms with Crippen molar-refractivity contribution in [3.05, 3.63) is 71.9 Å². The fourth-order valence-electron chi connectivity index (χ4n) is 2.64. The molecule has 0 amide bonds. The quantitative estimate of drug-likeness (QED) is 0.202. The van der Waals surface area contributed by atoms with Crippen LogP contribution in [-0.2, 0) is 14.8 Å². The molecule has 1 aromatic heterocycles. The molecule has 35 heavy (non-hydrogen) atoms. The van der Waals surface area contributed by atoms with Crippen molar-refractivity contribution in [1.29, 1.82) is 0 Å². The number of aromatic nitrogens is 2. The summed E-state index contributed by atoms with van der Waals surface area (Å²) < 4.78 is 31.7. The zero-order chi connectivity index (χ0) is 25.8. The van der Waals surface area contributed by atoms with E-state index in [0.29, 0.717) is 28.9 Å². The maximum Gasteiger partial charge on any atom is 0.335 e. The molecule has 1 heterocycles. The Bertz CT molecular complexity index is 1350. The number of nitrogens with zero attached hydrogens (tertiary/aromatic N) is 2. The molecule has 0 radical (unpaired) electrons. The van der Waals surface area contributed by atoms with Gasteiger partial charge in [0.15, 0.2) is 0 Å². The van der Waals surface area contributed by atoms with E-state index in [2.05, 4.69) is 31.9 Å². The molecule has 0 bridgehead atoms. The summed E-state index contributed by atoms with van der Waals surface area (Å²) in [7, 11) is -3.65. The Morgan fingerprint density at radius 1 is 1.09 bits per heavy atom. The second-order valence-corrected chi connectivity index (χ2v) is 11.4. The first-order valence-electron chi connectivity index (χ1n) is 10.5. The Hall–Kier alpha value is -3.63. The SMILES string of the molecule is C=CC(=O)Oc1ccc(Nc2ncc(C)c(Nc3ccc(Cl)c(NS(=O)(=O)C(C)(C)C)c3)n2)cc1. The summed E-state index contributed by atoms with van der Waals surface area (Å²) in [5.41, 5.74) is 2.30. The number of carbonyl (C=O) groups is 1. The van der Waals surface area contributed by atoms with Gasteiger partial charge in [-0.05, 0) is 70.2 Å². The third-order valence-electron chi connectivity index (χ3n) is 4.75. The van der Waals surface area contributed by atoms with Crippen LogP contribution < -0.4 is 20.1 Å². The number of benzene rings is 2. The Balaban J connectivity index is 1.78. The molecule has 2 aromatic carbocycles. The average molecular weight is 516 g/mol. The zero-order valence-corrected chi connectivity index (χ0v) is 21.3. The molecule has 0 saturated carbocycles. The second-order valence-electron chi connectivity index (χ2n) is 8.54. The number of rotatable bonds is 8. The molecule has 0 aliphatic heterocycles. The summed E-state index contributed by atoms with van der Waals surface area (Å²) in [6.07, 6.45) is 2.74. The van der Waals surface area contributed by atoms with Crippen molar-refractivity contribution < 1.29 is 17.9 Å². The molecule has 3 aromatic rings. The summed E-state index contributed by atoms with van der Waals surface area (Å²) >= 11 is 6.23. The van der Waals surface area contributed by atoms with Crippen molar-refractivity contribution in [3.8, 4) is 5.75 Å². The summed E-state index contributed by atoms with van der Waals surface area (Å²) in [6.45, 7) is 10.0. The van der Waals surface area contributed by atoms with Gasteiger partial charge in [0.1, 0.15) is 11.6 Å². The van der Waals surface area contributed by atoms with Crippen LogP contribution in [0.4, 0.5) is 28.8 Å². The molecular weight excluding hydrogens is 490 g/mol. The van der Waals surface area contributed by atoms with Crippen molar-refractivity contribution in [3.63, 3.8) is 0 Å². The summed E-state index contributed by atoms with van der Waals surface area (Å²) in [6, 6.07) is 11.6. The van der Waals surface area contributed by atoms with E-state index in [0.717, 1.165) is 11.6 Å². The summed E-state index contributed by atoms with van der Waals surface area (Å²) in [5.74, 6) is 0.690. The molecule has 3 rings (SSSR count). The van der Waals surface area contributed by atoms with Crippen LogP contribution >= 0.6 is 11.6 Å². The van der Waals surface area contributed by atoms with Gasteiger partial charge in [0.25, 0.3) is 0 Å². The van der Waals surface area contributed by atoms with Gasteiger partial charge in [-0.15, -0.1) is 0 Å². The summed E-state index contributed by atoms with van der Waals surface area (Å²) in [4.78, 5) is 20.1. The van der Waals surface area contributed by atoms with Gasteiger partial charge in [-0.25, -0.2) is 18.2 Å². The highest BCUT2D eigenvalue weighted by atomic mass is 35.5. The van der Waals surface area contributed by atoms with Gasteiger partial charge in [0, 0.05) is 29.2 Å². The first-order valence-corrected chi connectivity index (χ1v) is 12.4. The normalized spacial score (nSPS) is 11.5. The number of hydrogen-bond donors (Lipinski definition) is 3. The number of sulfonamides is 1. The standard InChI is InChI=1S/C24H26ClN5O4S/c1-6-21(31)34-18-10-7-16(8-11-18)28-23-26-14-15(2)22(29-23)27-17-9-12-19(25)20(13-17)30-35(32,33)24(3,4)5/h6-14,30H,1H2,2-5H3,(H2,26,27,28,29). The highest BCUT2D eigenvalue weighted by molar-refractivity contribution is 7.94. The van der Waals surface area contributed by atoms with Crippen LogP contribution in [0.15, 0.2) is 61.3 Å². The van der Waals surface area contributed by atoms with Crippen molar-refractivity contribution in [2.24, 2.45) is 0 Å². The second kappa shape index (κ2) is 10.3. The molecular formula is C24H26ClN5O4S. The molecule has 0 spiro atoms. The molecule has 0 saturated heterocycles. The molecule has 0 aliphatic carbocycles. The Kier molecular flexibility index (Phi) is 7.67. The van der Waals surface area contributed by atoms with E-state index in [9.17, 15) is 13.2 Å². The van der Waals surface area contributed by atoms with Crippen molar-refractivity contribution in [1.82, 2.24) is 9.97 Å². The molecule has 3 N–H and O–H groups in total. The van der Waals surface area contributed by atoms with E-state index >= 15 is 0 Å². The lowest BCUT2D eigenvalue weighted by Gasteiger charge is -2.21. The van der Waals surface area contributed by atoms with E-state index in [1.165, 1.54) is 0 Å². The molecule has 0 fully saturated rings. The van der Waals surface area contributed by atoms with Crippen LogP contribution in [0.5, 0.6) is 5.75 Å². The van der Waals surface area contributed by atoms with Crippen LogP contribution in [0.1, 0.15) is 26.3 Å². The van der Waals surface area contributed by atoms with Crippen LogP contribution in [0.2, 0.25) is 5.02 Å². The summed E-state index contributed by atoms with van der Waals surface area (Å²) in [5, 5.41) is 6.53. The number of anilines is 5. The minimum Gasteiger partial charge on any atom is -0.423 e. The minimum atomic E-state index is -3.65. The number of ether oxygens (including phenoxy) is 1. The predicted octanol–water partition coefficient (Wildman–Crippen LogP) is 5.56. The third kappa shape index (κ3) is 6.71. The first-order chi connectivity index (χ1) is 16.4. The molecule has 0 unspecified atom stereocenters. The minimum absolute atomic E-state index is 0.258. The molecule has 11 heteroatoms. The zero-order valence-electron chi connectivity index (χ0n) is 19.7. The molecule has 0 atom stereocenters. The Labute approximate surface area is 209 Å². The largest absolute Gasteiger partial charge is 0.423 e. The van der Waals surface area contributed by atoms with Crippen LogP contribution in [0.3, 0.4) is 0 Å². The Morgan fingerprint density at radius 3 is 2.37 bits per heavy atom. The van der Waals surface area contributed by atoms with Crippen molar-refractivity contribution in [2.45, 2.75) is 32.4 Å². The number of esters is 1. The van der Waals surface area contributed by atoms with Crippen molar-refractivity contribution in [2.75, 3.05) is 15.4 Å². The van der Waals surface area contributed by atoms with E-state index < -0.39 is 20.7 Å².